The number of nitrogens with one attached hydrogen (secondary N) is 1. The summed E-state index contributed by atoms with van der Waals surface area (Å²) in [5, 5.41) is 11.4. The number of carbonyl (C=O) groups excluding carboxylic acids is 1. The average Bonchev–Trinajstić information content (AvgIpc) is 2.24. The van der Waals surface area contributed by atoms with E-state index in [0.717, 1.165) is 0 Å². The molecule has 1 saturated heterocycles. The first kappa shape index (κ1) is 9.81. The van der Waals surface area contributed by atoms with E-state index in [2.05, 4.69) is 5.32 Å². The van der Waals surface area contributed by atoms with Gasteiger partial charge in [-0.05, 0) is 13.8 Å². The summed E-state index contributed by atoms with van der Waals surface area (Å²) in [5.74, 6) is 0. The lowest BCUT2D eigenvalue weighted by molar-refractivity contribution is -0.0259. The van der Waals surface area contributed by atoms with Crippen molar-refractivity contribution in [3.63, 3.8) is 0 Å². The van der Waals surface area contributed by atoms with Crippen LogP contribution in [0.5, 0.6) is 0 Å². The van der Waals surface area contributed by atoms with Gasteiger partial charge in [0.2, 0.25) is 0 Å². The molecule has 1 rings (SSSR count). The lowest BCUT2D eigenvalue weighted by Gasteiger charge is -2.30. The number of hydrogen-bond acceptors (Lipinski definition) is 4. The molecule has 1 amide bonds. The first-order valence-corrected chi connectivity index (χ1v) is 3.89. The average molecular weight is 184 g/mol. The van der Waals surface area contributed by atoms with Crippen LogP contribution < -0.4 is 5.32 Å². The molecule has 0 spiro atoms. The van der Waals surface area contributed by atoms with E-state index in [1.165, 1.54) is 7.11 Å². The van der Waals surface area contributed by atoms with Gasteiger partial charge in [0, 0.05) is 7.11 Å². The van der Waals surface area contributed by atoms with Gasteiger partial charge < -0.3 is 9.47 Å². The standard InChI is InChI=1S/C8H12N2O3/c1-7(4-9)8(2,5-12-3)13-6(11)10-7/h5H2,1-3H3,(H,10,11). The van der Waals surface area contributed by atoms with Gasteiger partial charge >= 0.3 is 6.09 Å². The first-order chi connectivity index (χ1) is 5.97. The Kier molecular flexibility index (Phi) is 2.18. The fraction of sp³-hybridized carbons (Fsp3) is 0.750. The molecule has 0 aromatic rings. The maximum absolute atomic E-state index is 11.0. The van der Waals surface area contributed by atoms with E-state index in [9.17, 15) is 4.79 Å². The predicted octanol–water partition coefficient (Wildman–Crippen LogP) is 0.414. The summed E-state index contributed by atoms with van der Waals surface area (Å²) in [6, 6.07) is 2.01. The zero-order valence-corrected chi connectivity index (χ0v) is 7.88. The third-order valence-corrected chi connectivity index (χ3v) is 2.37. The molecule has 1 aliphatic heterocycles. The Balaban J connectivity index is 2.96. The normalized spacial score (nSPS) is 37.8. The van der Waals surface area contributed by atoms with E-state index in [4.69, 9.17) is 14.7 Å². The summed E-state index contributed by atoms with van der Waals surface area (Å²) >= 11 is 0. The Morgan fingerprint density at radius 1 is 1.69 bits per heavy atom. The van der Waals surface area contributed by atoms with Crippen LogP contribution in [0.1, 0.15) is 13.8 Å². The van der Waals surface area contributed by atoms with Gasteiger partial charge in [-0.1, -0.05) is 0 Å². The van der Waals surface area contributed by atoms with Crippen LogP contribution in [0.4, 0.5) is 4.79 Å². The van der Waals surface area contributed by atoms with E-state index in [1.54, 1.807) is 13.8 Å². The van der Waals surface area contributed by atoms with Crippen molar-refractivity contribution in [2.75, 3.05) is 13.7 Å². The summed E-state index contributed by atoms with van der Waals surface area (Å²) in [7, 11) is 1.50. The second-order valence-electron chi connectivity index (χ2n) is 3.42. The van der Waals surface area contributed by atoms with E-state index >= 15 is 0 Å². The van der Waals surface area contributed by atoms with Crippen molar-refractivity contribution in [1.29, 1.82) is 5.26 Å². The number of ether oxygens (including phenoxy) is 2. The van der Waals surface area contributed by atoms with Crippen molar-refractivity contribution in [3.8, 4) is 6.07 Å². The van der Waals surface area contributed by atoms with Crippen molar-refractivity contribution in [3.05, 3.63) is 0 Å². The third-order valence-electron chi connectivity index (χ3n) is 2.37. The van der Waals surface area contributed by atoms with Gasteiger partial charge in [-0.15, -0.1) is 0 Å². The fourth-order valence-electron chi connectivity index (χ4n) is 1.26. The minimum Gasteiger partial charge on any atom is -0.437 e. The molecule has 0 aromatic heterocycles. The largest absolute Gasteiger partial charge is 0.437 e. The van der Waals surface area contributed by atoms with E-state index in [-0.39, 0.29) is 6.61 Å². The SMILES string of the molecule is COCC1(C)OC(=O)NC1(C)C#N. The summed E-state index contributed by atoms with van der Waals surface area (Å²) in [4.78, 5) is 11.0. The molecule has 1 heterocycles. The molecule has 1 fully saturated rings. The molecule has 2 atom stereocenters. The lowest BCUT2D eigenvalue weighted by Crippen LogP contribution is -2.54. The molecule has 1 aliphatic rings. The summed E-state index contributed by atoms with van der Waals surface area (Å²) in [6.45, 7) is 3.46. The maximum Gasteiger partial charge on any atom is 0.409 e. The van der Waals surface area contributed by atoms with Gasteiger partial charge in [-0.3, -0.25) is 5.32 Å². The van der Waals surface area contributed by atoms with Gasteiger partial charge in [0.15, 0.2) is 11.1 Å². The van der Waals surface area contributed by atoms with Crippen LogP contribution in [-0.2, 0) is 9.47 Å². The number of cyclic esters (lactones) is 1. The van der Waals surface area contributed by atoms with Crippen molar-refractivity contribution in [2.24, 2.45) is 0 Å². The quantitative estimate of drug-likeness (QED) is 0.674. The molecule has 2 unspecified atom stereocenters. The number of nitriles is 1. The second kappa shape index (κ2) is 2.89. The zero-order chi connectivity index (χ0) is 10.1. The molecule has 1 N–H and O–H groups in total. The Morgan fingerprint density at radius 2 is 2.31 bits per heavy atom. The predicted molar refractivity (Wildman–Crippen MR) is 43.9 cm³/mol. The van der Waals surface area contributed by atoms with Crippen LogP contribution >= 0.6 is 0 Å². The number of hydrogen-bond donors (Lipinski definition) is 1. The van der Waals surface area contributed by atoms with Crippen LogP contribution in [0.3, 0.4) is 0 Å². The molecule has 0 aromatic carbocycles. The van der Waals surface area contributed by atoms with Crippen molar-refractivity contribution in [1.82, 2.24) is 5.32 Å². The number of rotatable bonds is 2. The minimum absolute atomic E-state index is 0.190. The molecule has 0 bridgehead atoms. The van der Waals surface area contributed by atoms with Crippen molar-refractivity contribution >= 4 is 6.09 Å². The Labute approximate surface area is 76.6 Å². The number of nitrogens with zero attached hydrogens (tertiary/aromatic N) is 1. The summed E-state index contributed by atoms with van der Waals surface area (Å²) in [6.07, 6.45) is -0.580. The fourth-order valence-corrected chi connectivity index (χ4v) is 1.26. The summed E-state index contributed by atoms with van der Waals surface area (Å²) in [5.41, 5.74) is -1.95. The van der Waals surface area contributed by atoms with Crippen molar-refractivity contribution in [2.45, 2.75) is 25.0 Å². The Bertz CT molecular complexity index is 273. The number of methoxy groups -OCH3 is 1. The van der Waals surface area contributed by atoms with Crippen LogP contribution in [-0.4, -0.2) is 30.9 Å². The number of alkyl carbamates (subject to hydrolysis) is 1. The van der Waals surface area contributed by atoms with E-state index in [0.29, 0.717) is 0 Å². The van der Waals surface area contributed by atoms with Gasteiger partial charge in [0.25, 0.3) is 0 Å². The highest BCUT2D eigenvalue weighted by molar-refractivity contribution is 5.73. The monoisotopic (exact) mass is 184 g/mol. The van der Waals surface area contributed by atoms with Crippen LogP contribution in [0.2, 0.25) is 0 Å². The third kappa shape index (κ3) is 1.33. The molecule has 5 nitrogen and oxygen atoms in total. The molecular weight excluding hydrogens is 172 g/mol. The first-order valence-electron chi connectivity index (χ1n) is 3.89. The second-order valence-corrected chi connectivity index (χ2v) is 3.42. The van der Waals surface area contributed by atoms with E-state index in [1.807, 2.05) is 6.07 Å². The minimum atomic E-state index is -1.03. The van der Waals surface area contributed by atoms with Crippen LogP contribution in [0, 0.1) is 11.3 Å². The molecule has 0 saturated carbocycles. The molecule has 0 aliphatic carbocycles. The van der Waals surface area contributed by atoms with E-state index < -0.39 is 17.2 Å². The highest BCUT2D eigenvalue weighted by Crippen LogP contribution is 2.31. The topological polar surface area (TPSA) is 71.3 Å². The van der Waals surface area contributed by atoms with Gasteiger partial charge in [-0.25, -0.2) is 4.79 Å². The Hall–Kier alpha value is -1.28. The molecule has 72 valence electrons. The zero-order valence-electron chi connectivity index (χ0n) is 7.88. The number of amides is 1. The highest BCUT2D eigenvalue weighted by atomic mass is 16.6. The lowest BCUT2D eigenvalue weighted by atomic mass is 9.85. The maximum atomic E-state index is 11.0. The summed E-state index contributed by atoms with van der Waals surface area (Å²) < 4.78 is 9.90. The number of carbonyl (C=O) groups is 1. The smallest absolute Gasteiger partial charge is 0.409 e. The molecular formula is C8H12N2O3. The van der Waals surface area contributed by atoms with Gasteiger partial charge in [0.05, 0.1) is 12.7 Å². The van der Waals surface area contributed by atoms with Gasteiger partial charge in [0.1, 0.15) is 0 Å². The highest BCUT2D eigenvalue weighted by Gasteiger charge is 2.55. The Morgan fingerprint density at radius 3 is 2.77 bits per heavy atom. The van der Waals surface area contributed by atoms with Crippen molar-refractivity contribution < 1.29 is 14.3 Å². The van der Waals surface area contributed by atoms with Gasteiger partial charge in [-0.2, -0.15) is 5.26 Å². The molecule has 5 heteroatoms. The van der Waals surface area contributed by atoms with Crippen LogP contribution in [0.15, 0.2) is 0 Å². The molecule has 0 radical (unpaired) electrons. The van der Waals surface area contributed by atoms with Crippen LogP contribution in [0.25, 0.3) is 0 Å². The molecule has 13 heavy (non-hydrogen) atoms.